The number of hydrogen-bond acceptors (Lipinski definition) is 3. The molecule has 1 aromatic heterocycles. The Labute approximate surface area is 71.3 Å². The number of ether oxygens (including phenoxy) is 1. The SMILES string of the molecule is C=Cc1cnc2c(c1)OCN2C. The quantitative estimate of drug-likeness (QED) is 0.626. The molecule has 0 fully saturated rings. The van der Waals surface area contributed by atoms with Gasteiger partial charge in [0.15, 0.2) is 18.3 Å². The lowest BCUT2D eigenvalue weighted by atomic mass is 10.2. The van der Waals surface area contributed by atoms with Crippen LogP contribution >= 0.6 is 0 Å². The Kier molecular flexibility index (Phi) is 1.50. The summed E-state index contributed by atoms with van der Waals surface area (Å²) in [5.74, 6) is 1.75. The van der Waals surface area contributed by atoms with Crippen LogP contribution in [0.2, 0.25) is 0 Å². The van der Waals surface area contributed by atoms with Crippen LogP contribution in [0.5, 0.6) is 5.75 Å². The minimum atomic E-state index is 0.586. The van der Waals surface area contributed by atoms with Crippen molar-refractivity contribution in [1.82, 2.24) is 4.98 Å². The number of rotatable bonds is 1. The van der Waals surface area contributed by atoms with Crippen molar-refractivity contribution in [3.05, 3.63) is 24.4 Å². The largest absolute Gasteiger partial charge is 0.469 e. The highest BCUT2D eigenvalue weighted by Crippen LogP contribution is 2.30. The number of fused-ring (bicyclic) bond motifs is 1. The second-order valence-corrected chi connectivity index (χ2v) is 2.77. The van der Waals surface area contributed by atoms with Crippen molar-refractivity contribution in [3.63, 3.8) is 0 Å². The van der Waals surface area contributed by atoms with Crippen molar-refractivity contribution in [2.24, 2.45) is 0 Å². The highest BCUT2D eigenvalue weighted by atomic mass is 16.5. The van der Waals surface area contributed by atoms with Gasteiger partial charge in [0, 0.05) is 13.2 Å². The molecular weight excluding hydrogens is 152 g/mol. The summed E-state index contributed by atoms with van der Waals surface area (Å²) in [6.45, 7) is 4.25. The molecule has 2 rings (SSSR count). The van der Waals surface area contributed by atoms with Gasteiger partial charge in [0.1, 0.15) is 0 Å². The lowest BCUT2D eigenvalue weighted by Crippen LogP contribution is -2.15. The molecule has 1 aliphatic heterocycles. The second-order valence-electron chi connectivity index (χ2n) is 2.77. The highest BCUT2D eigenvalue weighted by Gasteiger charge is 2.17. The molecule has 0 aliphatic carbocycles. The van der Waals surface area contributed by atoms with Gasteiger partial charge >= 0.3 is 0 Å². The van der Waals surface area contributed by atoms with Gasteiger partial charge in [-0.1, -0.05) is 12.7 Å². The van der Waals surface area contributed by atoms with Crippen LogP contribution < -0.4 is 9.64 Å². The van der Waals surface area contributed by atoms with E-state index in [1.807, 2.05) is 18.0 Å². The fraction of sp³-hybridized carbons (Fsp3) is 0.222. The maximum atomic E-state index is 5.37. The number of anilines is 1. The third-order valence-electron chi connectivity index (χ3n) is 1.87. The van der Waals surface area contributed by atoms with E-state index in [0.717, 1.165) is 17.1 Å². The van der Waals surface area contributed by atoms with Crippen LogP contribution in [-0.4, -0.2) is 18.8 Å². The predicted molar refractivity (Wildman–Crippen MR) is 48.2 cm³/mol. The average Bonchev–Trinajstić information content (AvgIpc) is 2.47. The zero-order chi connectivity index (χ0) is 8.55. The fourth-order valence-corrected chi connectivity index (χ4v) is 1.18. The molecule has 0 radical (unpaired) electrons. The summed E-state index contributed by atoms with van der Waals surface area (Å²) in [5.41, 5.74) is 0.990. The Balaban J connectivity index is 2.48. The van der Waals surface area contributed by atoms with Crippen molar-refractivity contribution >= 4 is 11.9 Å². The fourth-order valence-electron chi connectivity index (χ4n) is 1.18. The first-order valence-corrected chi connectivity index (χ1v) is 3.77. The van der Waals surface area contributed by atoms with Crippen LogP contribution in [0, 0.1) is 0 Å². The highest BCUT2D eigenvalue weighted by molar-refractivity contribution is 5.60. The first kappa shape index (κ1) is 7.16. The second kappa shape index (κ2) is 2.52. The van der Waals surface area contributed by atoms with Gasteiger partial charge in [0.2, 0.25) is 0 Å². The third-order valence-corrected chi connectivity index (χ3v) is 1.87. The minimum absolute atomic E-state index is 0.586. The van der Waals surface area contributed by atoms with Gasteiger partial charge in [0.25, 0.3) is 0 Å². The Hall–Kier alpha value is -1.51. The molecule has 0 saturated heterocycles. The average molecular weight is 162 g/mol. The lowest BCUT2D eigenvalue weighted by molar-refractivity contribution is 0.353. The first-order valence-electron chi connectivity index (χ1n) is 3.77. The van der Waals surface area contributed by atoms with Gasteiger partial charge in [-0.05, 0) is 11.6 Å². The van der Waals surface area contributed by atoms with Crippen molar-refractivity contribution < 1.29 is 4.74 Å². The molecule has 0 N–H and O–H groups in total. The molecule has 0 atom stereocenters. The summed E-state index contributed by atoms with van der Waals surface area (Å²) in [6, 6.07) is 1.94. The molecule has 3 heteroatoms. The van der Waals surface area contributed by atoms with Crippen LogP contribution in [0.1, 0.15) is 5.56 Å². The normalized spacial score (nSPS) is 13.9. The van der Waals surface area contributed by atoms with Gasteiger partial charge in [-0.25, -0.2) is 4.98 Å². The molecule has 0 spiro atoms. The number of aromatic nitrogens is 1. The monoisotopic (exact) mass is 162 g/mol. The van der Waals surface area contributed by atoms with Gasteiger partial charge in [-0.15, -0.1) is 0 Å². The molecule has 0 amide bonds. The smallest absolute Gasteiger partial charge is 0.173 e. The van der Waals surface area contributed by atoms with E-state index in [9.17, 15) is 0 Å². The van der Waals surface area contributed by atoms with E-state index in [1.165, 1.54) is 0 Å². The molecule has 1 aliphatic rings. The summed E-state index contributed by atoms with van der Waals surface area (Å²) < 4.78 is 5.37. The number of nitrogens with zero attached hydrogens (tertiary/aromatic N) is 2. The van der Waals surface area contributed by atoms with Gasteiger partial charge in [-0.2, -0.15) is 0 Å². The summed E-state index contributed by atoms with van der Waals surface area (Å²) in [4.78, 5) is 6.20. The Morgan fingerprint density at radius 1 is 1.75 bits per heavy atom. The van der Waals surface area contributed by atoms with Gasteiger partial charge < -0.3 is 9.64 Å². The zero-order valence-corrected chi connectivity index (χ0v) is 6.95. The van der Waals surface area contributed by atoms with Crippen molar-refractivity contribution in [1.29, 1.82) is 0 Å². The van der Waals surface area contributed by atoms with Crippen molar-refractivity contribution in [2.45, 2.75) is 0 Å². The van der Waals surface area contributed by atoms with Gasteiger partial charge in [-0.3, -0.25) is 0 Å². The van der Waals surface area contributed by atoms with E-state index in [1.54, 1.807) is 12.3 Å². The van der Waals surface area contributed by atoms with Crippen LogP contribution in [0.25, 0.3) is 6.08 Å². The van der Waals surface area contributed by atoms with E-state index < -0.39 is 0 Å². The zero-order valence-electron chi connectivity index (χ0n) is 6.95. The van der Waals surface area contributed by atoms with Crippen LogP contribution in [0.15, 0.2) is 18.8 Å². The molecule has 12 heavy (non-hydrogen) atoms. The standard InChI is InChI=1S/C9H10N2O/c1-3-7-4-8-9(10-5-7)11(2)6-12-8/h3-5H,1,6H2,2H3. The Bertz CT molecular complexity index is 322. The summed E-state index contributed by atoms with van der Waals surface area (Å²) in [6.07, 6.45) is 3.55. The van der Waals surface area contributed by atoms with E-state index >= 15 is 0 Å². The summed E-state index contributed by atoms with van der Waals surface area (Å²) in [5, 5.41) is 0. The molecule has 0 saturated carbocycles. The molecule has 1 aromatic rings. The predicted octanol–water partition coefficient (Wildman–Crippen LogP) is 1.51. The third kappa shape index (κ3) is 0.942. The summed E-state index contributed by atoms with van der Waals surface area (Å²) in [7, 11) is 1.95. The molecule has 62 valence electrons. The van der Waals surface area contributed by atoms with Crippen LogP contribution in [0.4, 0.5) is 5.82 Å². The maximum absolute atomic E-state index is 5.37. The van der Waals surface area contributed by atoms with E-state index in [2.05, 4.69) is 11.6 Å². The lowest BCUT2D eigenvalue weighted by Gasteiger charge is -2.05. The molecule has 0 unspecified atom stereocenters. The summed E-state index contributed by atoms with van der Waals surface area (Å²) >= 11 is 0. The van der Waals surface area contributed by atoms with E-state index in [0.29, 0.717) is 6.73 Å². The van der Waals surface area contributed by atoms with E-state index in [4.69, 9.17) is 4.74 Å². The molecule has 3 nitrogen and oxygen atoms in total. The Morgan fingerprint density at radius 3 is 3.33 bits per heavy atom. The van der Waals surface area contributed by atoms with Crippen LogP contribution in [-0.2, 0) is 0 Å². The van der Waals surface area contributed by atoms with Crippen molar-refractivity contribution in [3.8, 4) is 5.75 Å². The molecule has 0 aromatic carbocycles. The topological polar surface area (TPSA) is 25.4 Å². The van der Waals surface area contributed by atoms with Crippen molar-refractivity contribution in [2.75, 3.05) is 18.7 Å². The minimum Gasteiger partial charge on any atom is -0.469 e. The maximum Gasteiger partial charge on any atom is 0.173 e. The van der Waals surface area contributed by atoms with E-state index in [-0.39, 0.29) is 0 Å². The molecule has 2 heterocycles. The Morgan fingerprint density at radius 2 is 2.58 bits per heavy atom. The molecule has 0 bridgehead atoms. The van der Waals surface area contributed by atoms with Gasteiger partial charge in [0.05, 0.1) is 0 Å². The first-order chi connectivity index (χ1) is 5.81. The number of pyridine rings is 1. The van der Waals surface area contributed by atoms with Crippen LogP contribution in [0.3, 0.4) is 0 Å². The molecular formula is C9H10N2O. The number of hydrogen-bond donors (Lipinski definition) is 0.